The summed E-state index contributed by atoms with van der Waals surface area (Å²) in [6.45, 7) is 18.0. The van der Waals surface area contributed by atoms with E-state index in [1.165, 1.54) is 0 Å². The lowest BCUT2D eigenvalue weighted by atomic mass is 10.0. The highest BCUT2D eigenvalue weighted by molar-refractivity contribution is 6.81. The SMILES string of the molecule is CCC(C)(CCOCCOC(=O)CCC(=O)Cl)[Si](C)(C)OC(C)[Si](C)(C)CCCOCCOC(=O)CCC(=O)Cl. The first kappa shape index (κ1) is 39.2. The second-order valence-corrected chi connectivity index (χ2v) is 22.0. The molecular weight excluding hydrogens is 595 g/mol. The zero-order valence-electron chi connectivity index (χ0n) is 25.4. The van der Waals surface area contributed by atoms with Crippen LogP contribution in [0.1, 0.15) is 65.7 Å². The van der Waals surface area contributed by atoms with Gasteiger partial charge in [0.25, 0.3) is 0 Å². The average molecular weight is 646 g/mol. The highest BCUT2D eigenvalue weighted by Gasteiger charge is 2.46. The van der Waals surface area contributed by atoms with E-state index in [4.69, 9.17) is 46.6 Å². The van der Waals surface area contributed by atoms with Gasteiger partial charge in [-0.25, -0.2) is 0 Å². The maximum Gasteiger partial charge on any atom is 0.306 e. The molecule has 0 aromatic rings. The van der Waals surface area contributed by atoms with Crippen LogP contribution in [-0.4, -0.2) is 84.2 Å². The second-order valence-electron chi connectivity index (χ2n) is 11.4. The van der Waals surface area contributed by atoms with Crippen LogP contribution in [0, 0.1) is 0 Å². The van der Waals surface area contributed by atoms with Crippen LogP contribution in [0.4, 0.5) is 0 Å². The predicted molar refractivity (Wildman–Crippen MR) is 162 cm³/mol. The number of esters is 2. The van der Waals surface area contributed by atoms with Crippen molar-refractivity contribution in [3.8, 4) is 0 Å². The monoisotopic (exact) mass is 644 g/mol. The molecule has 0 fully saturated rings. The molecule has 0 saturated carbocycles. The van der Waals surface area contributed by atoms with Crippen molar-refractivity contribution in [1.29, 1.82) is 0 Å². The lowest BCUT2D eigenvalue weighted by molar-refractivity contribution is -0.146. The van der Waals surface area contributed by atoms with Crippen LogP contribution in [-0.2, 0) is 42.6 Å². The Bertz CT molecular complexity index is 796. The molecule has 9 nitrogen and oxygen atoms in total. The molecule has 0 aliphatic carbocycles. The maximum absolute atomic E-state index is 11.6. The van der Waals surface area contributed by atoms with E-state index < -0.39 is 38.8 Å². The Morgan fingerprint density at radius 1 is 0.750 bits per heavy atom. The van der Waals surface area contributed by atoms with E-state index in [1.807, 2.05) is 0 Å². The van der Waals surface area contributed by atoms with E-state index in [1.54, 1.807) is 0 Å². The van der Waals surface area contributed by atoms with Gasteiger partial charge in [0.15, 0.2) is 8.32 Å². The van der Waals surface area contributed by atoms with E-state index in [9.17, 15) is 19.2 Å². The fourth-order valence-electron chi connectivity index (χ4n) is 3.96. The Balaban J connectivity index is 4.42. The largest absolute Gasteiger partial charge is 0.463 e. The van der Waals surface area contributed by atoms with Crippen molar-refractivity contribution in [1.82, 2.24) is 0 Å². The van der Waals surface area contributed by atoms with Gasteiger partial charge < -0.3 is 23.4 Å². The van der Waals surface area contributed by atoms with E-state index in [0.29, 0.717) is 26.4 Å². The molecule has 0 aliphatic rings. The Hall–Kier alpha value is -0.826. The third-order valence-corrected chi connectivity index (χ3v) is 16.8. The number of carbonyl (C=O) groups excluding carboxylic acids is 4. The zero-order valence-corrected chi connectivity index (χ0v) is 28.9. The smallest absolute Gasteiger partial charge is 0.306 e. The topological polar surface area (TPSA) is 114 Å². The molecule has 0 bridgehead atoms. The molecule has 0 amide bonds. The molecule has 0 rings (SSSR count). The summed E-state index contributed by atoms with van der Waals surface area (Å²) in [5.74, 6) is -0.905. The van der Waals surface area contributed by atoms with Gasteiger partial charge in [0.05, 0.1) is 34.1 Å². The number of hydrogen-bond donors (Lipinski definition) is 0. The summed E-state index contributed by atoms with van der Waals surface area (Å²) in [6.07, 6.45) is 2.67. The molecule has 0 saturated heterocycles. The molecule has 0 N–H and O–H groups in total. The molecule has 0 aromatic heterocycles. The number of halogens is 2. The summed E-state index contributed by atoms with van der Waals surface area (Å²) in [5.41, 5.74) is 0.186. The summed E-state index contributed by atoms with van der Waals surface area (Å²) >= 11 is 10.5. The number of rotatable bonds is 24. The first-order valence-electron chi connectivity index (χ1n) is 14.1. The van der Waals surface area contributed by atoms with Crippen molar-refractivity contribution in [3.63, 3.8) is 0 Å². The van der Waals surface area contributed by atoms with Gasteiger partial charge in [-0.15, -0.1) is 0 Å². The third kappa shape index (κ3) is 17.2. The molecular formula is C27H50Cl2O9Si2. The standard InChI is InChI=1S/C27H50Cl2O9Si2/c1-8-27(3,14-16-35-18-20-37-26(33)13-11-24(29)31)40(6,7)38-22(2)39(4,5)21-9-15-34-17-19-36-25(32)12-10-23(28)30/h22H,8-21H2,1-7H3. The lowest BCUT2D eigenvalue weighted by Gasteiger charge is -2.46. The molecule has 13 heteroatoms. The average Bonchev–Trinajstić information content (AvgIpc) is 2.86. The fraction of sp³-hybridized carbons (Fsp3) is 0.852. The fourth-order valence-corrected chi connectivity index (χ4v) is 10.5. The van der Waals surface area contributed by atoms with E-state index in [2.05, 4.69) is 47.0 Å². The number of hydrogen-bond acceptors (Lipinski definition) is 9. The Kier molecular flexibility index (Phi) is 19.7. The number of carbonyl (C=O) groups is 4. The van der Waals surface area contributed by atoms with E-state index >= 15 is 0 Å². The van der Waals surface area contributed by atoms with Crippen LogP contribution in [0.15, 0.2) is 0 Å². The van der Waals surface area contributed by atoms with Crippen LogP contribution >= 0.6 is 23.2 Å². The Morgan fingerprint density at radius 2 is 1.23 bits per heavy atom. The summed E-state index contributed by atoms with van der Waals surface area (Å²) in [5, 5.41) is -1.09. The molecule has 0 aliphatic heterocycles. The quantitative estimate of drug-likeness (QED) is 0.0539. The van der Waals surface area contributed by atoms with Crippen LogP contribution in [0.3, 0.4) is 0 Å². The van der Waals surface area contributed by atoms with Gasteiger partial charge in [-0.1, -0.05) is 39.4 Å². The van der Waals surface area contributed by atoms with Gasteiger partial charge in [-0.2, -0.15) is 0 Å². The first-order chi connectivity index (χ1) is 18.6. The highest BCUT2D eigenvalue weighted by Crippen LogP contribution is 2.46. The van der Waals surface area contributed by atoms with Gasteiger partial charge in [-0.05, 0) is 61.1 Å². The normalized spacial score (nSPS) is 14.3. The van der Waals surface area contributed by atoms with Crippen molar-refractivity contribution in [3.05, 3.63) is 0 Å². The number of ether oxygens (including phenoxy) is 4. The van der Waals surface area contributed by atoms with E-state index in [-0.39, 0.29) is 49.7 Å². The highest BCUT2D eigenvalue weighted by atomic mass is 35.5. The van der Waals surface area contributed by atoms with Gasteiger partial charge in [0.1, 0.15) is 13.2 Å². The summed E-state index contributed by atoms with van der Waals surface area (Å²) in [7, 11) is -3.81. The van der Waals surface area contributed by atoms with Crippen LogP contribution in [0.5, 0.6) is 0 Å². The first-order valence-corrected chi connectivity index (χ1v) is 21.0. The molecule has 234 valence electrons. The molecule has 0 spiro atoms. The zero-order chi connectivity index (χ0) is 30.8. The molecule has 2 unspecified atom stereocenters. The second kappa shape index (κ2) is 20.1. The summed E-state index contributed by atoms with van der Waals surface area (Å²) in [6, 6.07) is 1.06. The predicted octanol–water partition coefficient (Wildman–Crippen LogP) is 6.01. The van der Waals surface area contributed by atoms with Crippen LogP contribution < -0.4 is 0 Å². The van der Waals surface area contributed by atoms with Crippen molar-refractivity contribution >= 4 is 62.0 Å². The van der Waals surface area contributed by atoms with Crippen LogP contribution in [0.2, 0.25) is 37.3 Å². The summed E-state index contributed by atoms with van der Waals surface area (Å²) in [4.78, 5) is 44.4. The van der Waals surface area contributed by atoms with Crippen molar-refractivity contribution in [2.24, 2.45) is 0 Å². The third-order valence-electron chi connectivity index (χ3n) is 7.75. The molecule has 40 heavy (non-hydrogen) atoms. The Labute approximate surface area is 252 Å². The molecule has 0 aromatic carbocycles. The van der Waals surface area contributed by atoms with Crippen molar-refractivity contribution in [2.75, 3.05) is 39.6 Å². The lowest BCUT2D eigenvalue weighted by Crippen LogP contribution is -2.52. The van der Waals surface area contributed by atoms with Crippen molar-refractivity contribution in [2.45, 2.75) is 109 Å². The molecule has 2 atom stereocenters. The van der Waals surface area contributed by atoms with Crippen molar-refractivity contribution < 1.29 is 42.6 Å². The molecule has 0 heterocycles. The van der Waals surface area contributed by atoms with E-state index in [0.717, 1.165) is 25.3 Å². The van der Waals surface area contributed by atoms with Gasteiger partial charge in [0.2, 0.25) is 10.5 Å². The van der Waals surface area contributed by atoms with Gasteiger partial charge in [0, 0.05) is 31.8 Å². The molecule has 0 radical (unpaired) electrons. The summed E-state index contributed by atoms with van der Waals surface area (Å²) < 4.78 is 28.3. The van der Waals surface area contributed by atoms with Crippen LogP contribution in [0.25, 0.3) is 0 Å². The Morgan fingerprint density at radius 3 is 1.68 bits per heavy atom. The van der Waals surface area contributed by atoms with Gasteiger partial charge in [-0.3, -0.25) is 19.2 Å². The minimum atomic E-state index is -2.11. The maximum atomic E-state index is 11.6. The minimum Gasteiger partial charge on any atom is -0.463 e. The van der Waals surface area contributed by atoms with Gasteiger partial charge >= 0.3 is 11.9 Å². The minimum absolute atomic E-state index is 0.0124.